The van der Waals surface area contributed by atoms with Crippen molar-refractivity contribution in [1.82, 2.24) is 19.9 Å². The number of halogens is 4. The summed E-state index contributed by atoms with van der Waals surface area (Å²) in [5.41, 5.74) is 1.09. The van der Waals surface area contributed by atoms with Gasteiger partial charge >= 0.3 is 6.18 Å². The number of aromatic amines is 2. The molecular formula is C18H16F4N4O. The molecule has 4 rings (SSSR count). The Morgan fingerprint density at radius 1 is 1.30 bits per heavy atom. The van der Waals surface area contributed by atoms with Gasteiger partial charge in [-0.3, -0.25) is 4.79 Å². The van der Waals surface area contributed by atoms with Gasteiger partial charge < -0.3 is 14.9 Å². The molecule has 0 radical (unpaired) electrons. The fourth-order valence-corrected chi connectivity index (χ4v) is 3.16. The summed E-state index contributed by atoms with van der Waals surface area (Å²) in [5, 5.41) is 0.526. The molecule has 1 amide bonds. The van der Waals surface area contributed by atoms with E-state index < -0.39 is 24.4 Å². The second-order valence-electron chi connectivity index (χ2n) is 6.77. The second kappa shape index (κ2) is 6.40. The van der Waals surface area contributed by atoms with E-state index in [0.29, 0.717) is 16.6 Å². The lowest BCUT2D eigenvalue weighted by Crippen LogP contribution is -2.40. The van der Waals surface area contributed by atoms with Gasteiger partial charge in [-0.1, -0.05) is 0 Å². The van der Waals surface area contributed by atoms with Crippen LogP contribution < -0.4 is 0 Å². The molecule has 27 heavy (non-hydrogen) atoms. The van der Waals surface area contributed by atoms with Crippen LogP contribution in [0.3, 0.4) is 0 Å². The average Bonchev–Trinajstić information content (AvgIpc) is 3.09. The molecule has 3 heterocycles. The number of hydrogen-bond acceptors (Lipinski definition) is 2. The summed E-state index contributed by atoms with van der Waals surface area (Å²) in [7, 11) is 0. The molecule has 0 spiro atoms. The van der Waals surface area contributed by atoms with Crippen LogP contribution in [-0.2, 0) is 0 Å². The molecule has 142 valence electrons. The second-order valence-corrected chi connectivity index (χ2v) is 6.77. The van der Waals surface area contributed by atoms with E-state index in [1.54, 1.807) is 12.3 Å². The fraction of sp³-hybridized carbons (Fsp3) is 0.333. The summed E-state index contributed by atoms with van der Waals surface area (Å²) < 4.78 is 52.9. The maximum Gasteiger partial charge on any atom is 0.406 e. The minimum Gasteiger partial charge on any atom is -0.357 e. The van der Waals surface area contributed by atoms with E-state index in [4.69, 9.17) is 0 Å². The Hall–Kier alpha value is -2.84. The van der Waals surface area contributed by atoms with Crippen molar-refractivity contribution in [3.8, 4) is 11.1 Å². The van der Waals surface area contributed by atoms with Crippen LogP contribution in [0.15, 0.2) is 30.7 Å². The summed E-state index contributed by atoms with van der Waals surface area (Å²) in [6, 6.07) is 3.03. The van der Waals surface area contributed by atoms with E-state index in [1.165, 1.54) is 12.3 Å². The van der Waals surface area contributed by atoms with Crippen molar-refractivity contribution in [2.75, 3.05) is 13.1 Å². The number of carbonyl (C=O) groups is 1. The summed E-state index contributed by atoms with van der Waals surface area (Å²) in [5.74, 6) is -1.21. The summed E-state index contributed by atoms with van der Waals surface area (Å²) >= 11 is 0. The van der Waals surface area contributed by atoms with Gasteiger partial charge in [0.2, 0.25) is 0 Å². The van der Waals surface area contributed by atoms with Crippen LogP contribution in [0.1, 0.15) is 23.3 Å². The lowest BCUT2D eigenvalue weighted by molar-refractivity contribution is -0.141. The first-order chi connectivity index (χ1) is 12.8. The van der Waals surface area contributed by atoms with Crippen LogP contribution in [-0.4, -0.2) is 45.0 Å². The highest BCUT2D eigenvalue weighted by atomic mass is 19.4. The molecule has 0 saturated heterocycles. The normalized spacial score (nSPS) is 14.7. The molecule has 2 N–H and O–H groups in total. The van der Waals surface area contributed by atoms with E-state index in [0.717, 1.165) is 23.9 Å². The average molecular weight is 380 g/mol. The van der Waals surface area contributed by atoms with Crippen molar-refractivity contribution in [3.05, 3.63) is 42.2 Å². The molecule has 0 bridgehead atoms. The molecule has 1 aliphatic rings. The molecule has 1 aliphatic carbocycles. The third-order valence-corrected chi connectivity index (χ3v) is 4.58. The van der Waals surface area contributed by atoms with E-state index >= 15 is 0 Å². The maximum absolute atomic E-state index is 14.3. The number of carbonyl (C=O) groups excluding carboxylic acids is 1. The molecule has 1 saturated carbocycles. The molecule has 0 aliphatic heterocycles. The first-order valence-corrected chi connectivity index (χ1v) is 8.48. The third-order valence-electron chi connectivity index (χ3n) is 4.58. The van der Waals surface area contributed by atoms with Gasteiger partial charge in [0.25, 0.3) is 5.91 Å². The summed E-state index contributed by atoms with van der Waals surface area (Å²) in [6.07, 6.45) is 1.26. The Bertz CT molecular complexity index is 987. The van der Waals surface area contributed by atoms with Gasteiger partial charge in [0.1, 0.15) is 23.7 Å². The number of pyridine rings is 1. The van der Waals surface area contributed by atoms with Crippen molar-refractivity contribution in [1.29, 1.82) is 0 Å². The summed E-state index contributed by atoms with van der Waals surface area (Å²) in [4.78, 5) is 22.9. The molecule has 5 nitrogen and oxygen atoms in total. The van der Waals surface area contributed by atoms with Crippen molar-refractivity contribution in [2.24, 2.45) is 5.92 Å². The van der Waals surface area contributed by atoms with E-state index in [9.17, 15) is 22.4 Å². The predicted molar refractivity (Wildman–Crippen MR) is 90.5 cm³/mol. The van der Waals surface area contributed by atoms with E-state index in [1.807, 2.05) is 0 Å². The largest absolute Gasteiger partial charge is 0.406 e. The van der Waals surface area contributed by atoms with Gasteiger partial charge in [-0.25, -0.2) is 9.37 Å². The van der Waals surface area contributed by atoms with Crippen molar-refractivity contribution in [3.63, 3.8) is 0 Å². The highest BCUT2D eigenvalue weighted by molar-refractivity contribution is 5.97. The number of rotatable bonds is 5. The van der Waals surface area contributed by atoms with Gasteiger partial charge in [-0.15, -0.1) is 0 Å². The lowest BCUT2D eigenvalue weighted by Gasteiger charge is -2.23. The SMILES string of the molecule is O=C(c1cc(-c2c(F)cnc3[nH]ccc23)c[nH]1)N(CC1CC1)CC(F)(F)F. The number of amides is 1. The lowest BCUT2D eigenvalue weighted by atomic mass is 10.1. The standard InChI is InChI=1S/C18H16F4N4O/c19-13-7-25-16-12(3-4-23-16)15(13)11-5-14(24-6-11)17(27)26(8-10-1-2-10)9-18(20,21)22/h3-7,10,24H,1-2,8-9H2,(H,23,25). The van der Waals surface area contributed by atoms with Gasteiger partial charge in [-0.2, -0.15) is 13.2 Å². The third kappa shape index (κ3) is 3.67. The molecule has 0 unspecified atom stereocenters. The highest BCUT2D eigenvalue weighted by Crippen LogP contribution is 2.33. The number of alkyl halides is 3. The van der Waals surface area contributed by atoms with Crippen LogP contribution in [0.25, 0.3) is 22.2 Å². The zero-order valence-electron chi connectivity index (χ0n) is 14.1. The van der Waals surface area contributed by atoms with Crippen LogP contribution in [0.5, 0.6) is 0 Å². The number of fused-ring (bicyclic) bond motifs is 1. The van der Waals surface area contributed by atoms with Crippen LogP contribution in [0.4, 0.5) is 17.6 Å². The quantitative estimate of drug-likeness (QED) is 0.655. The number of nitrogens with one attached hydrogen (secondary N) is 2. The Kier molecular flexibility index (Phi) is 4.16. The number of aromatic nitrogens is 3. The Labute approximate surface area is 151 Å². The van der Waals surface area contributed by atoms with Crippen LogP contribution >= 0.6 is 0 Å². The first kappa shape index (κ1) is 17.6. The topological polar surface area (TPSA) is 64.8 Å². The minimum absolute atomic E-state index is 0.00482. The summed E-state index contributed by atoms with van der Waals surface area (Å²) in [6.45, 7) is -1.24. The molecule has 0 atom stereocenters. The van der Waals surface area contributed by atoms with E-state index in [-0.39, 0.29) is 23.7 Å². The van der Waals surface area contributed by atoms with Gasteiger partial charge in [0, 0.05) is 35.5 Å². The van der Waals surface area contributed by atoms with Crippen molar-refractivity contribution < 1.29 is 22.4 Å². The van der Waals surface area contributed by atoms with Gasteiger partial charge in [0.05, 0.1) is 6.20 Å². The van der Waals surface area contributed by atoms with Gasteiger partial charge in [-0.05, 0) is 30.9 Å². The van der Waals surface area contributed by atoms with Crippen molar-refractivity contribution >= 4 is 16.9 Å². The first-order valence-electron chi connectivity index (χ1n) is 8.48. The van der Waals surface area contributed by atoms with Crippen LogP contribution in [0, 0.1) is 11.7 Å². The van der Waals surface area contributed by atoms with E-state index in [2.05, 4.69) is 15.0 Å². The Balaban J connectivity index is 1.65. The fourth-order valence-electron chi connectivity index (χ4n) is 3.16. The zero-order chi connectivity index (χ0) is 19.2. The van der Waals surface area contributed by atoms with Crippen molar-refractivity contribution in [2.45, 2.75) is 19.0 Å². The minimum atomic E-state index is -4.48. The molecule has 1 fully saturated rings. The number of nitrogens with zero attached hydrogens (tertiary/aromatic N) is 2. The molecule has 3 aromatic rings. The zero-order valence-corrected chi connectivity index (χ0v) is 14.1. The number of hydrogen-bond donors (Lipinski definition) is 2. The smallest absolute Gasteiger partial charge is 0.357 e. The molecule has 3 aromatic heterocycles. The Morgan fingerprint density at radius 3 is 2.78 bits per heavy atom. The molecule has 0 aromatic carbocycles. The molecule has 9 heteroatoms. The molecular weight excluding hydrogens is 364 g/mol. The highest BCUT2D eigenvalue weighted by Gasteiger charge is 2.36. The monoisotopic (exact) mass is 380 g/mol. The van der Waals surface area contributed by atoms with Crippen LogP contribution in [0.2, 0.25) is 0 Å². The Morgan fingerprint density at radius 2 is 2.07 bits per heavy atom. The number of H-pyrrole nitrogens is 2. The predicted octanol–water partition coefficient (Wildman–Crippen LogP) is 4.11. The van der Waals surface area contributed by atoms with Gasteiger partial charge in [0.15, 0.2) is 0 Å². The maximum atomic E-state index is 14.3.